The number of halogens is 3. The van der Waals surface area contributed by atoms with Crippen LogP contribution in [-0.2, 0) is 4.79 Å². The van der Waals surface area contributed by atoms with Crippen LogP contribution in [-0.4, -0.2) is 18.6 Å². The summed E-state index contributed by atoms with van der Waals surface area (Å²) in [5.41, 5.74) is 0. The zero-order valence-corrected chi connectivity index (χ0v) is 6.82. The second-order valence-corrected chi connectivity index (χ2v) is 2.40. The summed E-state index contributed by atoms with van der Waals surface area (Å²) in [6.45, 7) is -0.0416. The maximum atomic E-state index is 11.6. The summed E-state index contributed by atoms with van der Waals surface area (Å²) < 4.78 is 34.7. The van der Waals surface area contributed by atoms with Crippen LogP contribution in [0.5, 0.6) is 0 Å². The van der Waals surface area contributed by atoms with Gasteiger partial charge in [-0.1, -0.05) is 0 Å². The van der Waals surface area contributed by atoms with Crippen molar-refractivity contribution < 1.29 is 18.0 Å². The molecular weight excluding hydrogens is 185 g/mol. The lowest BCUT2D eigenvalue weighted by atomic mass is 10.3. The molecule has 1 N–H and O–H groups in total. The number of alkyl halides is 3. The Kier molecular flexibility index (Phi) is 4.89. The number of carbonyl (C=O) groups is 1. The van der Waals surface area contributed by atoms with Gasteiger partial charge in [0, 0.05) is 13.0 Å². The topological polar surface area (TPSA) is 52.9 Å². The van der Waals surface area contributed by atoms with Crippen LogP contribution in [0.3, 0.4) is 0 Å². The molecule has 0 bridgehead atoms. The second-order valence-electron chi connectivity index (χ2n) is 2.40. The predicted octanol–water partition coefficient (Wildman–Crippen LogP) is 1.36. The Morgan fingerprint density at radius 2 is 2.08 bits per heavy atom. The molecule has 0 aliphatic heterocycles. The van der Waals surface area contributed by atoms with Crippen molar-refractivity contribution in [2.75, 3.05) is 6.54 Å². The average Bonchev–Trinajstić information content (AvgIpc) is 1.97. The predicted molar refractivity (Wildman–Crippen MR) is 38.5 cm³/mol. The fraction of sp³-hybridized carbons (Fsp3) is 0.714. The normalized spacial score (nSPS) is 10.6. The van der Waals surface area contributed by atoms with Gasteiger partial charge in [-0.25, -0.2) is 0 Å². The zero-order valence-electron chi connectivity index (χ0n) is 6.82. The van der Waals surface area contributed by atoms with E-state index >= 15 is 0 Å². The Morgan fingerprint density at radius 3 is 2.54 bits per heavy atom. The maximum Gasteiger partial charge on any atom is 0.389 e. The minimum Gasteiger partial charge on any atom is -0.355 e. The average molecular weight is 194 g/mol. The highest BCUT2D eigenvalue weighted by atomic mass is 19.4. The van der Waals surface area contributed by atoms with E-state index in [2.05, 4.69) is 5.32 Å². The smallest absolute Gasteiger partial charge is 0.355 e. The van der Waals surface area contributed by atoms with E-state index in [0.29, 0.717) is 0 Å². The molecule has 0 aliphatic rings. The summed E-state index contributed by atoms with van der Waals surface area (Å²) in [6, 6.07) is 1.59. The minimum atomic E-state index is -4.18. The van der Waals surface area contributed by atoms with Crippen LogP contribution in [0.15, 0.2) is 0 Å². The molecule has 3 nitrogen and oxygen atoms in total. The lowest BCUT2D eigenvalue weighted by Gasteiger charge is -2.05. The van der Waals surface area contributed by atoms with E-state index in [0.717, 1.165) is 0 Å². The zero-order chi connectivity index (χ0) is 10.3. The molecule has 0 aromatic rings. The number of hydrogen-bond acceptors (Lipinski definition) is 2. The summed E-state index contributed by atoms with van der Waals surface area (Å²) in [7, 11) is 0. The molecular formula is C7H9F3N2O. The molecule has 0 atom stereocenters. The summed E-state index contributed by atoms with van der Waals surface area (Å²) in [5, 5.41) is 10.2. The Labute approximate surface area is 73.5 Å². The van der Waals surface area contributed by atoms with E-state index in [1.807, 2.05) is 0 Å². The number of amides is 1. The van der Waals surface area contributed by atoms with E-state index in [-0.39, 0.29) is 19.4 Å². The minimum absolute atomic E-state index is 0.0416. The largest absolute Gasteiger partial charge is 0.389 e. The highest BCUT2D eigenvalue weighted by Gasteiger charge is 2.25. The van der Waals surface area contributed by atoms with Gasteiger partial charge in [0.25, 0.3) is 0 Å². The van der Waals surface area contributed by atoms with E-state index in [9.17, 15) is 18.0 Å². The van der Waals surface area contributed by atoms with E-state index < -0.39 is 18.5 Å². The van der Waals surface area contributed by atoms with Crippen LogP contribution >= 0.6 is 0 Å². The van der Waals surface area contributed by atoms with Gasteiger partial charge in [0.05, 0.1) is 6.07 Å². The highest BCUT2D eigenvalue weighted by Crippen LogP contribution is 2.20. The molecule has 74 valence electrons. The molecule has 0 saturated carbocycles. The van der Waals surface area contributed by atoms with Crippen molar-refractivity contribution in [3.05, 3.63) is 0 Å². The Hall–Kier alpha value is -1.25. The Balaban J connectivity index is 3.37. The molecule has 13 heavy (non-hydrogen) atoms. The van der Waals surface area contributed by atoms with Crippen LogP contribution in [0.2, 0.25) is 0 Å². The highest BCUT2D eigenvalue weighted by molar-refractivity contribution is 5.77. The lowest BCUT2D eigenvalue weighted by molar-refractivity contribution is -0.136. The third-order valence-electron chi connectivity index (χ3n) is 1.20. The van der Waals surface area contributed by atoms with Crippen molar-refractivity contribution in [1.29, 1.82) is 5.26 Å². The van der Waals surface area contributed by atoms with E-state index in [1.54, 1.807) is 6.07 Å². The molecule has 6 heteroatoms. The van der Waals surface area contributed by atoms with Gasteiger partial charge in [-0.05, 0) is 6.42 Å². The quantitative estimate of drug-likeness (QED) is 0.687. The van der Waals surface area contributed by atoms with Gasteiger partial charge in [-0.2, -0.15) is 18.4 Å². The summed E-state index contributed by atoms with van der Waals surface area (Å²) in [6.07, 6.45) is -5.56. The van der Waals surface area contributed by atoms with Crippen molar-refractivity contribution in [2.24, 2.45) is 0 Å². The number of nitrogens with one attached hydrogen (secondary N) is 1. The number of nitrogens with zero attached hydrogens (tertiary/aromatic N) is 1. The van der Waals surface area contributed by atoms with E-state index in [4.69, 9.17) is 5.26 Å². The molecule has 0 fully saturated rings. The SMILES string of the molecule is N#CCC(=O)NCCCC(F)(F)F. The molecule has 0 aromatic heterocycles. The van der Waals surface area contributed by atoms with Crippen LogP contribution in [0.25, 0.3) is 0 Å². The Bertz CT molecular complexity index is 207. The molecule has 0 heterocycles. The standard InChI is InChI=1S/C7H9F3N2O/c8-7(9,10)3-1-5-12-6(13)2-4-11/h1-3,5H2,(H,12,13). The van der Waals surface area contributed by atoms with Gasteiger partial charge in [0.1, 0.15) is 6.42 Å². The van der Waals surface area contributed by atoms with Gasteiger partial charge < -0.3 is 5.32 Å². The van der Waals surface area contributed by atoms with Crippen LogP contribution < -0.4 is 5.32 Å². The van der Waals surface area contributed by atoms with Gasteiger partial charge in [-0.15, -0.1) is 0 Å². The summed E-state index contributed by atoms with van der Waals surface area (Å²) >= 11 is 0. The summed E-state index contributed by atoms with van der Waals surface area (Å²) in [5.74, 6) is -0.537. The fourth-order valence-electron chi connectivity index (χ4n) is 0.651. The van der Waals surface area contributed by atoms with Crippen molar-refractivity contribution >= 4 is 5.91 Å². The van der Waals surface area contributed by atoms with Crippen molar-refractivity contribution in [3.63, 3.8) is 0 Å². The molecule has 0 aromatic carbocycles. The first-order valence-corrected chi connectivity index (χ1v) is 3.66. The first kappa shape index (κ1) is 11.8. The fourth-order valence-corrected chi connectivity index (χ4v) is 0.651. The molecule has 0 spiro atoms. The molecule has 0 unspecified atom stereocenters. The molecule has 0 saturated heterocycles. The second kappa shape index (κ2) is 5.41. The molecule has 0 rings (SSSR count). The van der Waals surface area contributed by atoms with E-state index in [1.165, 1.54) is 0 Å². The third-order valence-corrected chi connectivity index (χ3v) is 1.20. The monoisotopic (exact) mass is 194 g/mol. The summed E-state index contributed by atoms with van der Waals surface area (Å²) in [4.78, 5) is 10.6. The van der Waals surface area contributed by atoms with Crippen LogP contribution in [0, 0.1) is 11.3 Å². The van der Waals surface area contributed by atoms with Crippen LogP contribution in [0.4, 0.5) is 13.2 Å². The number of nitriles is 1. The van der Waals surface area contributed by atoms with Gasteiger partial charge >= 0.3 is 6.18 Å². The number of hydrogen-bond donors (Lipinski definition) is 1. The van der Waals surface area contributed by atoms with Gasteiger partial charge in [0.15, 0.2) is 0 Å². The van der Waals surface area contributed by atoms with Crippen LogP contribution in [0.1, 0.15) is 19.3 Å². The number of carbonyl (C=O) groups excluding carboxylic acids is 1. The first-order valence-electron chi connectivity index (χ1n) is 3.66. The van der Waals surface area contributed by atoms with Gasteiger partial charge in [-0.3, -0.25) is 4.79 Å². The number of rotatable bonds is 4. The molecule has 0 aliphatic carbocycles. The van der Waals surface area contributed by atoms with Crippen molar-refractivity contribution in [2.45, 2.75) is 25.4 Å². The third kappa shape index (κ3) is 8.66. The molecule has 0 radical (unpaired) electrons. The Morgan fingerprint density at radius 1 is 1.46 bits per heavy atom. The first-order chi connectivity index (χ1) is 5.95. The van der Waals surface area contributed by atoms with Crippen molar-refractivity contribution in [3.8, 4) is 6.07 Å². The van der Waals surface area contributed by atoms with Crippen molar-refractivity contribution in [1.82, 2.24) is 5.32 Å². The van der Waals surface area contributed by atoms with Gasteiger partial charge in [0.2, 0.25) is 5.91 Å². The molecule has 1 amide bonds. The maximum absolute atomic E-state index is 11.6. The lowest BCUT2D eigenvalue weighted by Crippen LogP contribution is -2.24.